The van der Waals surface area contributed by atoms with Gasteiger partial charge in [-0.2, -0.15) is 0 Å². The van der Waals surface area contributed by atoms with Gasteiger partial charge < -0.3 is 14.2 Å². The molecular weight excluding hydrogens is 757 g/mol. The van der Waals surface area contributed by atoms with Crippen LogP contribution >= 0.6 is 0 Å². The van der Waals surface area contributed by atoms with Crippen LogP contribution in [-0.4, -0.2) is 37.2 Å². The zero-order valence-electron chi connectivity index (χ0n) is 41.8. The van der Waals surface area contributed by atoms with E-state index < -0.39 is 6.10 Å². The largest absolute Gasteiger partial charge is 0.462 e. The lowest BCUT2D eigenvalue weighted by Gasteiger charge is -2.18. The molecule has 0 aliphatic rings. The smallest absolute Gasteiger partial charge is 0.306 e. The highest BCUT2D eigenvalue weighted by atomic mass is 16.6. The molecule has 0 radical (unpaired) electrons. The lowest BCUT2D eigenvalue weighted by atomic mass is 9.99. The first kappa shape index (κ1) is 59.4. The van der Waals surface area contributed by atoms with Crippen molar-refractivity contribution in [1.82, 2.24) is 0 Å². The fraction of sp³-hybridized carbons (Fsp3) is 0.945. The summed E-state index contributed by atoms with van der Waals surface area (Å²) < 4.78 is 16.8. The van der Waals surface area contributed by atoms with E-state index in [4.69, 9.17) is 14.2 Å². The Morgan fingerprint density at radius 3 is 0.852 bits per heavy atom. The summed E-state index contributed by atoms with van der Waals surface area (Å²) in [5, 5.41) is 0. The van der Waals surface area contributed by atoms with Gasteiger partial charge in [0.25, 0.3) is 0 Å². The molecule has 6 heteroatoms. The van der Waals surface area contributed by atoms with Crippen molar-refractivity contribution in [3.63, 3.8) is 0 Å². The highest BCUT2D eigenvalue weighted by molar-refractivity contribution is 5.71. The van der Waals surface area contributed by atoms with Crippen molar-refractivity contribution in [2.75, 3.05) is 13.2 Å². The SMILES string of the molecule is CCCCCCCCCC(=O)OC[C@@H](COC(=O)CCCCCCCCCCCCCCCCCCCCC(C)CC)OC(=O)CCCCCCCCCCCCC(C)CC. The third-order valence-electron chi connectivity index (χ3n) is 13.2. The highest BCUT2D eigenvalue weighted by Crippen LogP contribution is 2.19. The average molecular weight is 863 g/mol. The Hall–Kier alpha value is -1.59. The quantitative estimate of drug-likeness (QED) is 0.0344. The number of carbonyl (C=O) groups excluding carboxylic acids is 3. The fourth-order valence-electron chi connectivity index (χ4n) is 8.28. The van der Waals surface area contributed by atoms with Crippen LogP contribution in [0.2, 0.25) is 0 Å². The lowest BCUT2D eigenvalue weighted by molar-refractivity contribution is -0.167. The monoisotopic (exact) mass is 863 g/mol. The summed E-state index contributed by atoms with van der Waals surface area (Å²) in [6, 6.07) is 0. The maximum Gasteiger partial charge on any atom is 0.306 e. The summed E-state index contributed by atoms with van der Waals surface area (Å²) in [7, 11) is 0. The molecule has 0 aromatic heterocycles. The van der Waals surface area contributed by atoms with Crippen LogP contribution in [0.15, 0.2) is 0 Å². The molecule has 0 spiro atoms. The van der Waals surface area contributed by atoms with Gasteiger partial charge in [-0.1, -0.05) is 266 Å². The second-order valence-corrected chi connectivity index (χ2v) is 19.4. The molecule has 0 aromatic carbocycles. The maximum atomic E-state index is 12.8. The van der Waals surface area contributed by atoms with Gasteiger partial charge in [0.1, 0.15) is 13.2 Å². The zero-order valence-corrected chi connectivity index (χ0v) is 41.8. The molecule has 3 atom stereocenters. The summed E-state index contributed by atoms with van der Waals surface area (Å²) in [6.45, 7) is 11.4. The third kappa shape index (κ3) is 46.2. The Labute approximate surface area is 380 Å². The van der Waals surface area contributed by atoms with Crippen LogP contribution in [0.25, 0.3) is 0 Å². The van der Waals surface area contributed by atoms with Crippen molar-refractivity contribution in [3.8, 4) is 0 Å². The molecule has 0 rings (SSSR count). The number of ether oxygens (including phenoxy) is 3. The number of esters is 3. The van der Waals surface area contributed by atoms with Crippen LogP contribution in [0.4, 0.5) is 0 Å². The molecule has 0 fully saturated rings. The van der Waals surface area contributed by atoms with Gasteiger partial charge in [0.05, 0.1) is 0 Å². The average Bonchev–Trinajstić information content (AvgIpc) is 3.26. The van der Waals surface area contributed by atoms with Crippen molar-refractivity contribution in [1.29, 1.82) is 0 Å². The predicted octanol–water partition coefficient (Wildman–Crippen LogP) is 17.7. The molecule has 362 valence electrons. The number of carbonyl (C=O) groups is 3. The Morgan fingerprint density at radius 1 is 0.328 bits per heavy atom. The summed E-state index contributed by atoms with van der Waals surface area (Å²) in [6.07, 6.45) is 49.6. The van der Waals surface area contributed by atoms with Gasteiger partial charge >= 0.3 is 17.9 Å². The summed E-state index contributed by atoms with van der Waals surface area (Å²) in [5.41, 5.74) is 0. The van der Waals surface area contributed by atoms with Gasteiger partial charge in [-0.05, 0) is 31.1 Å². The van der Waals surface area contributed by atoms with Crippen LogP contribution in [0.3, 0.4) is 0 Å². The first-order valence-electron chi connectivity index (χ1n) is 27.3. The minimum absolute atomic E-state index is 0.0638. The minimum atomic E-state index is -0.761. The van der Waals surface area contributed by atoms with E-state index >= 15 is 0 Å². The van der Waals surface area contributed by atoms with Crippen molar-refractivity contribution in [2.45, 2.75) is 310 Å². The third-order valence-corrected chi connectivity index (χ3v) is 13.2. The number of hydrogen-bond donors (Lipinski definition) is 0. The van der Waals surface area contributed by atoms with Gasteiger partial charge in [-0.15, -0.1) is 0 Å². The van der Waals surface area contributed by atoms with Crippen molar-refractivity contribution >= 4 is 17.9 Å². The van der Waals surface area contributed by atoms with E-state index in [-0.39, 0.29) is 31.1 Å². The van der Waals surface area contributed by atoms with E-state index in [1.165, 1.54) is 193 Å². The van der Waals surface area contributed by atoms with Gasteiger partial charge in [0.2, 0.25) is 0 Å². The van der Waals surface area contributed by atoms with Crippen molar-refractivity contribution < 1.29 is 28.6 Å². The Balaban J connectivity index is 4.12. The number of unbranched alkanes of at least 4 members (excludes halogenated alkanes) is 32. The van der Waals surface area contributed by atoms with Crippen LogP contribution in [0.1, 0.15) is 304 Å². The standard InChI is InChI=1S/C55H106O6/c1-6-9-10-11-28-35-40-45-53(56)59-48-52(61-55(58)47-42-37-32-27-23-22-25-30-34-39-44-51(5)8-3)49-60-54(57)46-41-36-31-26-21-19-17-15-13-12-14-16-18-20-24-29-33-38-43-50(4)7-2/h50-52H,6-49H2,1-5H3/t50?,51?,52-/m0/s1. The van der Waals surface area contributed by atoms with E-state index in [0.29, 0.717) is 19.3 Å². The molecular formula is C55H106O6. The second-order valence-electron chi connectivity index (χ2n) is 19.4. The van der Waals surface area contributed by atoms with Gasteiger partial charge in [0, 0.05) is 19.3 Å². The fourth-order valence-corrected chi connectivity index (χ4v) is 8.28. The Bertz CT molecular complexity index is 935. The van der Waals surface area contributed by atoms with Crippen molar-refractivity contribution in [2.24, 2.45) is 11.8 Å². The molecule has 0 aromatic rings. The van der Waals surface area contributed by atoms with Crippen LogP contribution in [-0.2, 0) is 28.6 Å². The molecule has 0 amide bonds. The first-order valence-corrected chi connectivity index (χ1v) is 27.3. The van der Waals surface area contributed by atoms with E-state index in [1.807, 2.05) is 0 Å². The topological polar surface area (TPSA) is 78.9 Å². The van der Waals surface area contributed by atoms with Gasteiger partial charge in [-0.3, -0.25) is 14.4 Å². The second kappa shape index (κ2) is 47.9. The van der Waals surface area contributed by atoms with Gasteiger partial charge in [-0.25, -0.2) is 0 Å². The Kier molecular flexibility index (Phi) is 46.6. The molecule has 0 bridgehead atoms. The predicted molar refractivity (Wildman–Crippen MR) is 261 cm³/mol. The Morgan fingerprint density at radius 2 is 0.574 bits per heavy atom. The van der Waals surface area contributed by atoms with Crippen molar-refractivity contribution in [3.05, 3.63) is 0 Å². The molecule has 61 heavy (non-hydrogen) atoms. The van der Waals surface area contributed by atoms with Crippen LogP contribution in [0, 0.1) is 11.8 Å². The van der Waals surface area contributed by atoms with Crippen LogP contribution in [0.5, 0.6) is 0 Å². The van der Waals surface area contributed by atoms with Gasteiger partial charge in [0.15, 0.2) is 6.10 Å². The summed E-state index contributed by atoms with van der Waals surface area (Å²) >= 11 is 0. The van der Waals surface area contributed by atoms with E-state index in [0.717, 1.165) is 69.6 Å². The molecule has 6 nitrogen and oxygen atoms in total. The summed E-state index contributed by atoms with van der Waals surface area (Å²) in [5.74, 6) is 0.925. The molecule has 0 saturated carbocycles. The minimum Gasteiger partial charge on any atom is -0.462 e. The highest BCUT2D eigenvalue weighted by Gasteiger charge is 2.19. The number of rotatable bonds is 49. The molecule has 2 unspecified atom stereocenters. The molecule has 0 aliphatic heterocycles. The lowest BCUT2D eigenvalue weighted by Crippen LogP contribution is -2.30. The molecule has 0 N–H and O–H groups in total. The maximum absolute atomic E-state index is 12.8. The normalized spacial score (nSPS) is 12.9. The number of hydrogen-bond acceptors (Lipinski definition) is 6. The van der Waals surface area contributed by atoms with E-state index in [2.05, 4.69) is 34.6 Å². The first-order chi connectivity index (χ1) is 29.8. The van der Waals surface area contributed by atoms with Crippen LogP contribution < -0.4 is 0 Å². The van der Waals surface area contributed by atoms with E-state index in [9.17, 15) is 14.4 Å². The van der Waals surface area contributed by atoms with E-state index in [1.54, 1.807) is 0 Å². The molecule has 0 heterocycles. The zero-order chi connectivity index (χ0) is 44.7. The summed E-state index contributed by atoms with van der Waals surface area (Å²) in [4.78, 5) is 37.8. The molecule has 0 aliphatic carbocycles. The molecule has 0 saturated heterocycles.